The molecule has 0 amide bonds. The molecule has 10 N–H and O–H groups in total. The van der Waals surface area contributed by atoms with Gasteiger partial charge in [0.25, 0.3) is 0 Å². The van der Waals surface area contributed by atoms with E-state index in [1.807, 2.05) is 0 Å². The van der Waals surface area contributed by atoms with Crippen molar-refractivity contribution in [2.45, 2.75) is 43.0 Å². The molecule has 0 radical (unpaired) electrons. The van der Waals surface area contributed by atoms with Gasteiger partial charge in [0.1, 0.15) is 36.6 Å². The molecule has 1 aliphatic carbocycles. The van der Waals surface area contributed by atoms with Gasteiger partial charge in [-0.1, -0.05) is 0 Å². The van der Waals surface area contributed by atoms with Crippen molar-refractivity contribution >= 4 is 23.5 Å². The van der Waals surface area contributed by atoms with Crippen LogP contribution in [-0.2, 0) is 31.8 Å². The molecule has 7 atom stereocenters. The van der Waals surface area contributed by atoms with Crippen LogP contribution in [0.4, 0.5) is 0 Å². The number of phosphoric ester groups is 3. The summed E-state index contributed by atoms with van der Waals surface area (Å²) in [6.45, 7) is -0.273. The second kappa shape index (κ2) is 9.98. The predicted molar refractivity (Wildman–Crippen MR) is 86.2 cm³/mol. The van der Waals surface area contributed by atoms with Gasteiger partial charge in [0.15, 0.2) is 0 Å². The second-order valence-corrected chi connectivity index (χ2v) is 9.40. The Labute approximate surface area is 157 Å². The number of hydrogen-bond acceptors (Lipinski definition) is 11. The number of aliphatic hydroxyl groups excluding tert-OH is 3. The maximum absolute atomic E-state index is 11.9. The Bertz CT molecular complexity index is 649. The third kappa shape index (κ3) is 8.13. The Morgan fingerprint density at radius 1 is 0.714 bits per heavy atom. The van der Waals surface area contributed by atoms with Crippen LogP contribution in [0.15, 0.2) is 0 Å². The lowest BCUT2D eigenvalue weighted by atomic mass is 9.85. The molecule has 0 aromatic heterocycles. The van der Waals surface area contributed by atoms with E-state index in [0.717, 1.165) is 0 Å². The van der Waals surface area contributed by atoms with Crippen molar-refractivity contribution in [3.8, 4) is 0 Å². The highest BCUT2D eigenvalue weighted by Gasteiger charge is 2.56. The van der Waals surface area contributed by atoms with Gasteiger partial charge in [-0.15, -0.1) is 0 Å². The van der Waals surface area contributed by atoms with Gasteiger partial charge in [-0.3, -0.25) is 18.1 Å². The Hall–Kier alpha value is 0.170. The summed E-state index contributed by atoms with van der Waals surface area (Å²) in [5, 5.41) is 30.2. The maximum Gasteiger partial charge on any atom is 0.472 e. The highest BCUT2D eigenvalue weighted by Crippen LogP contribution is 2.50. The molecule has 16 nitrogen and oxygen atoms in total. The molecule has 0 aliphatic heterocycles. The molecule has 0 aromatic rings. The fourth-order valence-electron chi connectivity index (χ4n) is 2.30. The first-order chi connectivity index (χ1) is 12.6. The standard InChI is InChI=1S/C9H22NO15P3/c10-2-1-3-22-28(20,21)25-7-4(11)5(12)8(23-26(14,15)16)9(6(7)13)24-27(17,18)19/h4-9,11-13H,1-3,10H2,(H,20,21)(H2,14,15,16)(H2,17,18,19)/t4-,5+,6+,7-,8-,9-/m1/s1. The lowest BCUT2D eigenvalue weighted by Gasteiger charge is -2.44. The van der Waals surface area contributed by atoms with E-state index in [-0.39, 0.29) is 19.6 Å². The molecule has 28 heavy (non-hydrogen) atoms. The van der Waals surface area contributed by atoms with Crippen LogP contribution in [0.2, 0.25) is 0 Å². The minimum absolute atomic E-state index is 0.0903. The first kappa shape index (κ1) is 26.2. The molecule has 0 heterocycles. The second-order valence-electron chi connectivity index (χ2n) is 5.61. The summed E-state index contributed by atoms with van der Waals surface area (Å²) in [7, 11) is -15.8. The van der Waals surface area contributed by atoms with E-state index in [0.29, 0.717) is 0 Å². The summed E-state index contributed by atoms with van der Waals surface area (Å²) < 4.78 is 51.4. The summed E-state index contributed by atoms with van der Waals surface area (Å²) in [5.41, 5.74) is 5.17. The van der Waals surface area contributed by atoms with Gasteiger partial charge < -0.3 is 45.5 Å². The smallest absolute Gasteiger partial charge is 0.387 e. The molecule has 1 fully saturated rings. The monoisotopic (exact) mass is 477 g/mol. The molecule has 1 aliphatic rings. The third-order valence-electron chi connectivity index (χ3n) is 3.40. The van der Waals surface area contributed by atoms with Crippen LogP contribution in [0.25, 0.3) is 0 Å². The summed E-state index contributed by atoms with van der Waals surface area (Å²) in [5.74, 6) is 0. The van der Waals surface area contributed by atoms with E-state index in [1.54, 1.807) is 0 Å². The molecule has 1 unspecified atom stereocenters. The zero-order valence-corrected chi connectivity index (χ0v) is 16.6. The first-order valence-corrected chi connectivity index (χ1v) is 12.0. The largest absolute Gasteiger partial charge is 0.472 e. The van der Waals surface area contributed by atoms with Crippen molar-refractivity contribution in [3.63, 3.8) is 0 Å². The molecule has 0 saturated heterocycles. The van der Waals surface area contributed by atoms with Crippen molar-refractivity contribution in [1.82, 2.24) is 0 Å². The zero-order valence-electron chi connectivity index (χ0n) is 13.9. The van der Waals surface area contributed by atoms with E-state index in [4.69, 9.17) is 25.3 Å². The van der Waals surface area contributed by atoms with Gasteiger partial charge >= 0.3 is 23.5 Å². The summed E-state index contributed by atoms with van der Waals surface area (Å²) in [6, 6.07) is 0. The normalized spacial score (nSPS) is 34.2. The molecular formula is C9H22NO15P3. The van der Waals surface area contributed by atoms with Gasteiger partial charge in [0, 0.05) is 0 Å². The highest BCUT2D eigenvalue weighted by atomic mass is 31.2. The average molecular weight is 477 g/mol. The predicted octanol–water partition coefficient (Wildman–Crippen LogP) is -3.11. The minimum atomic E-state index is -5.44. The van der Waals surface area contributed by atoms with E-state index < -0.39 is 60.1 Å². The van der Waals surface area contributed by atoms with E-state index in [1.165, 1.54) is 0 Å². The molecule has 19 heteroatoms. The number of nitrogens with two attached hydrogens (primary N) is 1. The number of rotatable bonds is 10. The van der Waals surface area contributed by atoms with Crippen molar-refractivity contribution < 1.29 is 71.6 Å². The zero-order chi connectivity index (χ0) is 21.9. The Balaban J connectivity index is 3.13. The van der Waals surface area contributed by atoms with Gasteiger partial charge in [-0.2, -0.15) is 0 Å². The number of hydrogen-bond donors (Lipinski definition) is 9. The lowest BCUT2D eigenvalue weighted by molar-refractivity contribution is -0.212. The van der Waals surface area contributed by atoms with E-state index in [9.17, 15) is 33.9 Å². The van der Waals surface area contributed by atoms with Gasteiger partial charge in [-0.05, 0) is 13.0 Å². The van der Waals surface area contributed by atoms with Crippen LogP contribution in [0.3, 0.4) is 0 Å². The fourth-order valence-corrected chi connectivity index (χ4v) is 4.40. The Kier molecular flexibility index (Phi) is 9.34. The summed E-state index contributed by atoms with van der Waals surface area (Å²) in [6.07, 6.45) is -13.9. The average Bonchev–Trinajstić information content (AvgIpc) is 2.51. The Morgan fingerprint density at radius 2 is 1.14 bits per heavy atom. The topological polar surface area (TPSA) is 276 Å². The molecule has 0 bridgehead atoms. The van der Waals surface area contributed by atoms with Crippen LogP contribution in [0, 0.1) is 0 Å². The van der Waals surface area contributed by atoms with Gasteiger partial charge in [0.05, 0.1) is 6.61 Å². The molecule has 0 aromatic carbocycles. The van der Waals surface area contributed by atoms with Crippen molar-refractivity contribution in [2.75, 3.05) is 13.2 Å². The molecule has 1 saturated carbocycles. The summed E-state index contributed by atoms with van der Waals surface area (Å²) >= 11 is 0. The van der Waals surface area contributed by atoms with Crippen LogP contribution < -0.4 is 5.73 Å². The van der Waals surface area contributed by atoms with Gasteiger partial charge in [-0.25, -0.2) is 13.7 Å². The van der Waals surface area contributed by atoms with Crippen molar-refractivity contribution in [2.24, 2.45) is 5.73 Å². The van der Waals surface area contributed by atoms with Crippen LogP contribution in [-0.4, -0.2) is 89.6 Å². The van der Waals surface area contributed by atoms with Crippen molar-refractivity contribution in [3.05, 3.63) is 0 Å². The highest BCUT2D eigenvalue weighted by molar-refractivity contribution is 7.47. The van der Waals surface area contributed by atoms with E-state index in [2.05, 4.69) is 18.1 Å². The van der Waals surface area contributed by atoms with Crippen LogP contribution in [0.1, 0.15) is 6.42 Å². The number of phosphoric acid groups is 3. The maximum atomic E-state index is 11.9. The minimum Gasteiger partial charge on any atom is -0.387 e. The first-order valence-electron chi connectivity index (χ1n) is 7.46. The fraction of sp³-hybridized carbons (Fsp3) is 1.00. The molecule has 168 valence electrons. The molecular weight excluding hydrogens is 455 g/mol. The number of aliphatic hydroxyl groups is 3. The quantitative estimate of drug-likeness (QED) is 0.111. The van der Waals surface area contributed by atoms with Crippen LogP contribution >= 0.6 is 23.5 Å². The third-order valence-corrected chi connectivity index (χ3v) is 5.45. The molecule has 1 rings (SSSR count). The van der Waals surface area contributed by atoms with Gasteiger partial charge in [0.2, 0.25) is 0 Å². The SMILES string of the molecule is NCCCOP(=O)(O)O[C@@H]1[C@H](O)[C@H](O)[C@@H](OP(=O)(O)O)[C@H](OP(=O)(O)O)[C@H]1O. The van der Waals surface area contributed by atoms with Crippen LogP contribution in [0.5, 0.6) is 0 Å². The van der Waals surface area contributed by atoms with Crippen molar-refractivity contribution in [1.29, 1.82) is 0 Å². The van der Waals surface area contributed by atoms with E-state index >= 15 is 0 Å². The summed E-state index contributed by atoms with van der Waals surface area (Å²) in [4.78, 5) is 45.2. The Morgan fingerprint density at radius 3 is 1.57 bits per heavy atom. The lowest BCUT2D eigenvalue weighted by Crippen LogP contribution is -2.65. The molecule has 0 spiro atoms.